The summed E-state index contributed by atoms with van der Waals surface area (Å²) in [4.78, 5) is 3.93. The summed E-state index contributed by atoms with van der Waals surface area (Å²) >= 11 is 0. The molecule has 1 rings (SSSR count). The highest BCUT2D eigenvalue weighted by molar-refractivity contribution is 5.63. The molecule has 1 aliphatic carbocycles. The Morgan fingerprint density at radius 2 is 2.00 bits per heavy atom. The molecule has 0 atom stereocenters. The van der Waals surface area contributed by atoms with E-state index in [4.69, 9.17) is 9.84 Å². The van der Waals surface area contributed by atoms with E-state index in [1.807, 2.05) is 6.92 Å². The van der Waals surface area contributed by atoms with Crippen LogP contribution in [0, 0.1) is 0 Å². The van der Waals surface area contributed by atoms with Crippen molar-refractivity contribution in [3.05, 3.63) is 0 Å². The van der Waals surface area contributed by atoms with Crippen LogP contribution in [-0.2, 0) is 4.74 Å². The van der Waals surface area contributed by atoms with Crippen LogP contribution in [0.1, 0.15) is 40.5 Å². The van der Waals surface area contributed by atoms with Crippen molar-refractivity contribution in [1.82, 2.24) is 0 Å². The Bertz CT molecular complexity index is 236. The molecule has 4 heteroatoms. The van der Waals surface area contributed by atoms with Gasteiger partial charge in [-0.2, -0.15) is 0 Å². The van der Waals surface area contributed by atoms with Crippen LogP contribution in [0.15, 0.2) is 4.99 Å². The first-order valence-corrected chi connectivity index (χ1v) is 4.84. The van der Waals surface area contributed by atoms with Gasteiger partial charge >= 0.3 is 0 Å². The lowest BCUT2D eigenvalue weighted by Crippen LogP contribution is -2.45. The molecule has 0 heterocycles. The summed E-state index contributed by atoms with van der Waals surface area (Å²) in [6.07, 6.45) is 0.247. The fourth-order valence-electron chi connectivity index (χ4n) is 1.55. The van der Waals surface area contributed by atoms with Gasteiger partial charge in [0.05, 0.1) is 11.6 Å². The average molecular weight is 200 g/mol. The van der Waals surface area contributed by atoms with Crippen LogP contribution < -0.4 is 5.11 Å². The van der Waals surface area contributed by atoms with Gasteiger partial charge in [0.15, 0.2) is 0 Å². The summed E-state index contributed by atoms with van der Waals surface area (Å²) in [5.74, 6) is 0. The monoisotopic (exact) mass is 200 g/mol. The third-order valence-electron chi connectivity index (χ3n) is 2.11. The molecule has 0 aromatic rings. The molecule has 0 amide bonds. The summed E-state index contributed by atoms with van der Waals surface area (Å²) < 4.78 is 5.06. The second-order valence-electron chi connectivity index (χ2n) is 5.15. The van der Waals surface area contributed by atoms with E-state index in [0.717, 1.165) is 0 Å². The van der Waals surface area contributed by atoms with Crippen molar-refractivity contribution in [1.29, 1.82) is 0 Å². The van der Waals surface area contributed by atoms with Gasteiger partial charge < -0.3 is 14.9 Å². The van der Waals surface area contributed by atoms with Gasteiger partial charge in [0.1, 0.15) is 6.08 Å². The van der Waals surface area contributed by atoms with Crippen LogP contribution in [0.2, 0.25) is 0 Å². The molecule has 14 heavy (non-hydrogen) atoms. The van der Waals surface area contributed by atoms with E-state index in [2.05, 4.69) is 4.99 Å². The summed E-state index contributed by atoms with van der Waals surface area (Å²) in [5.41, 5.74) is -0.916. The third kappa shape index (κ3) is 3.18. The maximum atomic E-state index is 11.3. The number of aliphatic hydroxyl groups excluding tert-OH is 1. The van der Waals surface area contributed by atoms with E-state index in [-0.39, 0.29) is 6.10 Å². The summed E-state index contributed by atoms with van der Waals surface area (Å²) in [7, 11) is 0. The molecular formula is C10H18NO3-. The van der Waals surface area contributed by atoms with Crippen LogP contribution in [0.3, 0.4) is 0 Å². The quantitative estimate of drug-likeness (QED) is 0.493. The molecule has 0 aromatic carbocycles. The van der Waals surface area contributed by atoms with Crippen LogP contribution in [-0.4, -0.2) is 28.4 Å². The fourth-order valence-corrected chi connectivity index (χ4v) is 1.55. The van der Waals surface area contributed by atoms with Crippen molar-refractivity contribution in [3.63, 3.8) is 0 Å². The Hall–Kier alpha value is -0.770. The second-order valence-corrected chi connectivity index (χ2v) is 5.15. The SMILES string of the molecule is CC1(N=C([O-])OC(C)(C)C)CC(O)C1. The van der Waals surface area contributed by atoms with E-state index < -0.39 is 17.2 Å². The second kappa shape index (κ2) is 3.42. The number of hydrogen-bond acceptors (Lipinski definition) is 4. The minimum Gasteiger partial charge on any atom is -0.595 e. The lowest BCUT2D eigenvalue weighted by molar-refractivity contribution is -0.262. The maximum Gasteiger partial charge on any atom is 0.146 e. The number of ether oxygens (including phenoxy) is 1. The highest BCUT2D eigenvalue weighted by Crippen LogP contribution is 2.35. The van der Waals surface area contributed by atoms with Gasteiger partial charge in [-0.3, -0.25) is 4.99 Å². The van der Waals surface area contributed by atoms with Crippen LogP contribution in [0.5, 0.6) is 0 Å². The zero-order valence-electron chi connectivity index (χ0n) is 9.20. The zero-order chi connectivity index (χ0) is 11.0. The molecule has 0 unspecified atom stereocenters. The smallest absolute Gasteiger partial charge is 0.146 e. The third-order valence-corrected chi connectivity index (χ3v) is 2.11. The van der Waals surface area contributed by atoms with E-state index in [0.29, 0.717) is 12.8 Å². The number of rotatable bonds is 1. The molecule has 0 bridgehead atoms. The summed E-state index contributed by atoms with van der Waals surface area (Å²) in [6.45, 7) is 7.26. The van der Waals surface area contributed by atoms with Gasteiger partial charge in [-0.15, -0.1) is 0 Å². The van der Waals surface area contributed by atoms with Crippen LogP contribution in [0.25, 0.3) is 0 Å². The van der Waals surface area contributed by atoms with E-state index in [1.165, 1.54) is 0 Å². The van der Waals surface area contributed by atoms with Crippen molar-refractivity contribution in [2.75, 3.05) is 0 Å². The van der Waals surface area contributed by atoms with Crippen molar-refractivity contribution in [2.24, 2.45) is 4.99 Å². The topological polar surface area (TPSA) is 64.9 Å². The lowest BCUT2D eigenvalue weighted by Gasteiger charge is -2.41. The minimum atomic E-state index is -0.535. The molecule has 0 radical (unpaired) electrons. The van der Waals surface area contributed by atoms with E-state index >= 15 is 0 Å². The highest BCUT2D eigenvalue weighted by Gasteiger charge is 2.39. The molecule has 1 saturated carbocycles. The zero-order valence-corrected chi connectivity index (χ0v) is 9.20. The number of aliphatic hydroxyl groups is 1. The largest absolute Gasteiger partial charge is 0.595 e. The molecule has 1 N–H and O–H groups in total. The average Bonchev–Trinajstić information content (AvgIpc) is 1.76. The first-order chi connectivity index (χ1) is 6.20. The Balaban J connectivity index is 2.52. The molecule has 0 aromatic heterocycles. The number of hydrogen-bond donors (Lipinski definition) is 1. The van der Waals surface area contributed by atoms with E-state index in [9.17, 15) is 5.11 Å². The molecule has 1 aliphatic rings. The number of aliphatic imine (C=N–C) groups is 1. The molecule has 4 nitrogen and oxygen atoms in total. The predicted octanol–water partition coefficient (Wildman–Crippen LogP) is 0.431. The standard InChI is InChI=1S/C10H19NO3/c1-9(2,3)14-8(13)11-10(4)5-7(12)6-10/h7,12H,5-6H2,1-4H3,(H,11,13)/p-1. The Labute approximate surface area is 84.6 Å². The first-order valence-electron chi connectivity index (χ1n) is 4.84. The Kier molecular flexibility index (Phi) is 2.76. The van der Waals surface area contributed by atoms with Crippen molar-refractivity contribution >= 4 is 6.08 Å². The van der Waals surface area contributed by atoms with Gasteiger partial charge in [0.2, 0.25) is 0 Å². The molecule has 0 aliphatic heterocycles. The molecular weight excluding hydrogens is 182 g/mol. The van der Waals surface area contributed by atoms with Crippen LogP contribution >= 0.6 is 0 Å². The van der Waals surface area contributed by atoms with Crippen molar-refractivity contribution < 1.29 is 14.9 Å². The van der Waals surface area contributed by atoms with Crippen LogP contribution in [0.4, 0.5) is 0 Å². The Morgan fingerprint density at radius 1 is 1.50 bits per heavy atom. The minimum absolute atomic E-state index is 0.314. The van der Waals surface area contributed by atoms with Crippen molar-refractivity contribution in [3.8, 4) is 0 Å². The van der Waals surface area contributed by atoms with Gasteiger partial charge in [0.25, 0.3) is 0 Å². The number of nitrogens with zero attached hydrogens (tertiary/aromatic N) is 1. The summed E-state index contributed by atoms with van der Waals surface area (Å²) in [6, 6.07) is 0. The first kappa shape index (κ1) is 11.3. The molecule has 0 saturated heterocycles. The summed E-state index contributed by atoms with van der Waals surface area (Å²) in [5, 5.41) is 20.4. The predicted molar refractivity (Wildman–Crippen MR) is 51.9 cm³/mol. The highest BCUT2D eigenvalue weighted by atomic mass is 16.6. The van der Waals surface area contributed by atoms with Gasteiger partial charge in [0, 0.05) is 5.60 Å². The van der Waals surface area contributed by atoms with Gasteiger partial charge in [-0.25, -0.2) is 0 Å². The van der Waals surface area contributed by atoms with E-state index in [1.54, 1.807) is 20.8 Å². The normalized spacial score (nSPS) is 33.8. The lowest BCUT2D eigenvalue weighted by atomic mass is 9.76. The fraction of sp³-hybridized carbons (Fsp3) is 0.900. The Morgan fingerprint density at radius 3 is 2.36 bits per heavy atom. The molecule has 0 spiro atoms. The van der Waals surface area contributed by atoms with Gasteiger partial charge in [-0.05, 0) is 19.8 Å². The van der Waals surface area contributed by atoms with Gasteiger partial charge in [-0.1, -0.05) is 20.8 Å². The molecule has 1 fully saturated rings. The maximum absolute atomic E-state index is 11.3. The van der Waals surface area contributed by atoms with Crippen molar-refractivity contribution in [2.45, 2.75) is 57.8 Å². The molecule has 82 valence electrons.